The van der Waals surface area contributed by atoms with Crippen LogP contribution in [0.2, 0.25) is 0 Å². The first-order valence-corrected chi connectivity index (χ1v) is 7.53. The molecule has 5 heteroatoms. The normalized spacial score (nSPS) is 17.6. The van der Waals surface area contributed by atoms with Crippen LogP contribution in [-0.4, -0.2) is 30.4 Å². The molecule has 5 nitrogen and oxygen atoms in total. The summed E-state index contributed by atoms with van der Waals surface area (Å²) in [4.78, 5) is 11.9. The number of hydrogen-bond donors (Lipinski definition) is 3. The lowest BCUT2D eigenvalue weighted by Gasteiger charge is -2.26. The van der Waals surface area contributed by atoms with Crippen LogP contribution < -0.4 is 15.4 Å². The number of carbonyl (C=O) groups excluding carboxylic acids is 1. The van der Waals surface area contributed by atoms with Crippen molar-refractivity contribution in [2.45, 2.75) is 44.1 Å². The highest BCUT2D eigenvalue weighted by Crippen LogP contribution is 2.26. The summed E-state index contributed by atoms with van der Waals surface area (Å²) in [5.74, 6) is 0.690. The van der Waals surface area contributed by atoms with E-state index >= 15 is 0 Å². The van der Waals surface area contributed by atoms with Gasteiger partial charge in [-0.1, -0.05) is 31.7 Å². The van der Waals surface area contributed by atoms with Crippen molar-refractivity contribution < 1.29 is 14.6 Å². The van der Waals surface area contributed by atoms with Crippen LogP contribution in [0.15, 0.2) is 24.3 Å². The lowest BCUT2D eigenvalue weighted by Crippen LogP contribution is -2.44. The van der Waals surface area contributed by atoms with Gasteiger partial charge in [0.2, 0.25) is 0 Å². The summed E-state index contributed by atoms with van der Waals surface area (Å²) in [7, 11) is 1.58. The van der Waals surface area contributed by atoms with Crippen molar-refractivity contribution in [2.75, 3.05) is 19.0 Å². The summed E-state index contributed by atoms with van der Waals surface area (Å²) in [5, 5.41) is 16.0. The van der Waals surface area contributed by atoms with Gasteiger partial charge in [-0.15, -0.1) is 0 Å². The number of amides is 2. The molecule has 21 heavy (non-hydrogen) atoms. The number of urea groups is 1. The molecular weight excluding hydrogens is 268 g/mol. The molecule has 0 heterocycles. The van der Waals surface area contributed by atoms with Gasteiger partial charge < -0.3 is 20.5 Å². The predicted molar refractivity (Wildman–Crippen MR) is 82.7 cm³/mol. The minimum atomic E-state index is -0.762. The Bertz CT molecular complexity index is 468. The van der Waals surface area contributed by atoms with Gasteiger partial charge in [0.15, 0.2) is 0 Å². The zero-order chi connectivity index (χ0) is 15.1. The molecule has 2 amide bonds. The molecule has 0 aliphatic heterocycles. The minimum absolute atomic E-state index is 0.294. The van der Waals surface area contributed by atoms with E-state index in [0.717, 1.165) is 38.5 Å². The van der Waals surface area contributed by atoms with Gasteiger partial charge in [-0.3, -0.25) is 0 Å². The molecule has 0 spiro atoms. The summed E-state index contributed by atoms with van der Waals surface area (Å²) in [5.41, 5.74) is -0.0953. The third kappa shape index (κ3) is 4.93. The molecule has 0 aromatic heterocycles. The second-order valence-electron chi connectivity index (χ2n) is 5.68. The number of nitrogens with one attached hydrogen (secondary N) is 2. The molecular formula is C16H24N2O3. The Balaban J connectivity index is 1.83. The Morgan fingerprint density at radius 3 is 2.67 bits per heavy atom. The molecule has 0 saturated heterocycles. The maximum Gasteiger partial charge on any atom is 0.319 e. The van der Waals surface area contributed by atoms with Crippen LogP contribution in [0, 0.1) is 0 Å². The number of carbonyl (C=O) groups is 1. The van der Waals surface area contributed by atoms with Crippen molar-refractivity contribution in [1.29, 1.82) is 0 Å². The van der Waals surface area contributed by atoms with Crippen molar-refractivity contribution in [3.63, 3.8) is 0 Å². The molecule has 1 aromatic carbocycles. The lowest BCUT2D eigenvalue weighted by atomic mass is 9.95. The smallest absolute Gasteiger partial charge is 0.319 e. The van der Waals surface area contributed by atoms with Gasteiger partial charge in [-0.05, 0) is 25.0 Å². The summed E-state index contributed by atoms with van der Waals surface area (Å²) < 4.78 is 5.11. The van der Waals surface area contributed by atoms with Crippen molar-refractivity contribution in [1.82, 2.24) is 5.32 Å². The van der Waals surface area contributed by atoms with Crippen molar-refractivity contribution in [3.8, 4) is 5.75 Å². The SMILES string of the molecule is COc1cccc(NC(=O)NCC2(O)CCCCCC2)c1. The van der Waals surface area contributed by atoms with Crippen molar-refractivity contribution in [3.05, 3.63) is 24.3 Å². The van der Waals surface area contributed by atoms with Gasteiger partial charge in [0, 0.05) is 18.3 Å². The molecule has 1 saturated carbocycles. The number of hydrogen-bond acceptors (Lipinski definition) is 3. The average Bonchev–Trinajstić information content (AvgIpc) is 2.71. The van der Waals surface area contributed by atoms with Crippen molar-refractivity contribution >= 4 is 11.7 Å². The number of ether oxygens (including phenoxy) is 1. The van der Waals surface area contributed by atoms with Crippen LogP contribution in [-0.2, 0) is 0 Å². The van der Waals surface area contributed by atoms with E-state index in [1.54, 1.807) is 19.2 Å². The minimum Gasteiger partial charge on any atom is -0.497 e. The summed E-state index contributed by atoms with van der Waals surface area (Å²) in [6.45, 7) is 0.294. The van der Waals surface area contributed by atoms with Crippen LogP contribution in [0.1, 0.15) is 38.5 Å². The average molecular weight is 292 g/mol. The molecule has 1 fully saturated rings. The second kappa shape index (κ2) is 7.31. The maximum absolute atomic E-state index is 11.9. The molecule has 0 radical (unpaired) electrons. The molecule has 1 aliphatic carbocycles. The van der Waals surface area contributed by atoms with Gasteiger partial charge in [0.25, 0.3) is 0 Å². The molecule has 2 rings (SSSR count). The van der Waals surface area contributed by atoms with Crippen molar-refractivity contribution in [2.24, 2.45) is 0 Å². The molecule has 0 unspecified atom stereocenters. The van der Waals surface area contributed by atoms with Gasteiger partial charge in [-0.2, -0.15) is 0 Å². The van der Waals surface area contributed by atoms with Crippen LogP contribution >= 0.6 is 0 Å². The van der Waals surface area contributed by atoms with E-state index < -0.39 is 5.60 Å². The van der Waals surface area contributed by atoms with E-state index in [9.17, 15) is 9.90 Å². The first kappa shape index (κ1) is 15.6. The van der Waals surface area contributed by atoms with Gasteiger partial charge in [-0.25, -0.2) is 4.79 Å². The molecule has 3 N–H and O–H groups in total. The Morgan fingerprint density at radius 2 is 2.00 bits per heavy atom. The van der Waals surface area contributed by atoms with Crippen LogP contribution in [0.3, 0.4) is 0 Å². The van der Waals surface area contributed by atoms with E-state index in [1.807, 2.05) is 12.1 Å². The van der Waals surface area contributed by atoms with Gasteiger partial charge >= 0.3 is 6.03 Å². The van der Waals surface area contributed by atoms with E-state index in [0.29, 0.717) is 18.0 Å². The third-order valence-corrected chi connectivity index (χ3v) is 3.94. The Morgan fingerprint density at radius 1 is 1.29 bits per heavy atom. The quantitative estimate of drug-likeness (QED) is 0.747. The standard InChI is InChI=1S/C16H24N2O3/c1-21-14-8-6-7-13(11-14)18-15(19)17-12-16(20)9-4-2-3-5-10-16/h6-8,11,20H,2-5,9-10,12H2,1H3,(H2,17,18,19). The highest BCUT2D eigenvalue weighted by Gasteiger charge is 2.28. The third-order valence-electron chi connectivity index (χ3n) is 3.94. The zero-order valence-corrected chi connectivity index (χ0v) is 12.5. The summed E-state index contributed by atoms with van der Waals surface area (Å²) in [6.07, 6.45) is 5.89. The molecule has 116 valence electrons. The number of rotatable bonds is 4. The molecule has 1 aromatic rings. The second-order valence-corrected chi connectivity index (χ2v) is 5.68. The van der Waals surface area contributed by atoms with Crippen LogP contribution in [0.5, 0.6) is 5.75 Å². The number of benzene rings is 1. The lowest BCUT2D eigenvalue weighted by molar-refractivity contribution is 0.0281. The molecule has 0 bridgehead atoms. The first-order valence-electron chi connectivity index (χ1n) is 7.53. The number of aliphatic hydroxyl groups is 1. The van der Waals surface area contributed by atoms with E-state index in [4.69, 9.17) is 4.74 Å². The zero-order valence-electron chi connectivity index (χ0n) is 12.5. The fourth-order valence-electron chi connectivity index (χ4n) is 2.68. The topological polar surface area (TPSA) is 70.6 Å². The van der Waals surface area contributed by atoms with E-state index in [2.05, 4.69) is 10.6 Å². The van der Waals surface area contributed by atoms with Gasteiger partial charge in [0.1, 0.15) is 5.75 Å². The van der Waals surface area contributed by atoms with Gasteiger partial charge in [0.05, 0.1) is 12.7 Å². The predicted octanol–water partition coefficient (Wildman–Crippen LogP) is 2.90. The Hall–Kier alpha value is -1.75. The number of anilines is 1. The van der Waals surface area contributed by atoms with E-state index in [1.165, 1.54) is 0 Å². The van der Waals surface area contributed by atoms with Crippen LogP contribution in [0.25, 0.3) is 0 Å². The first-order chi connectivity index (χ1) is 10.1. The Kier molecular flexibility index (Phi) is 5.44. The fraction of sp³-hybridized carbons (Fsp3) is 0.562. The highest BCUT2D eigenvalue weighted by atomic mass is 16.5. The summed E-state index contributed by atoms with van der Waals surface area (Å²) >= 11 is 0. The largest absolute Gasteiger partial charge is 0.497 e. The summed E-state index contributed by atoms with van der Waals surface area (Å²) in [6, 6.07) is 6.87. The monoisotopic (exact) mass is 292 g/mol. The maximum atomic E-state index is 11.9. The molecule has 0 atom stereocenters. The molecule has 1 aliphatic rings. The number of methoxy groups -OCH3 is 1. The Labute approximate surface area is 125 Å². The van der Waals surface area contributed by atoms with Crippen LogP contribution in [0.4, 0.5) is 10.5 Å². The fourth-order valence-corrected chi connectivity index (χ4v) is 2.68. The van der Waals surface area contributed by atoms with E-state index in [-0.39, 0.29) is 6.03 Å². The highest BCUT2D eigenvalue weighted by molar-refractivity contribution is 5.89.